The van der Waals surface area contributed by atoms with Gasteiger partial charge in [-0.1, -0.05) is 42.5 Å². The van der Waals surface area contributed by atoms with Crippen LogP contribution >= 0.6 is 11.9 Å². The highest BCUT2D eigenvalue weighted by Gasteiger charge is 2.21. The molecule has 1 N–H and O–H groups in total. The van der Waals surface area contributed by atoms with Crippen molar-refractivity contribution in [2.45, 2.75) is 9.79 Å². The molecule has 3 rings (SSSR count). The van der Waals surface area contributed by atoms with Crippen molar-refractivity contribution in [3.05, 3.63) is 48.5 Å². The number of hydrogen-bond donors (Lipinski definition) is 1. The maximum atomic E-state index is 11.6. The zero-order valence-corrected chi connectivity index (χ0v) is 9.98. The minimum absolute atomic E-state index is 0.881. The molecule has 0 bridgehead atoms. The van der Waals surface area contributed by atoms with Gasteiger partial charge < -0.3 is 0 Å². The van der Waals surface area contributed by atoms with Crippen LogP contribution in [0.1, 0.15) is 0 Å². The van der Waals surface area contributed by atoms with Gasteiger partial charge in [-0.15, -0.1) is 0 Å². The fraction of sp³-hybridized carbons (Fsp3) is 0. The van der Waals surface area contributed by atoms with Crippen LogP contribution in [0.3, 0.4) is 0 Å². The Labute approximate surface area is 101 Å². The van der Waals surface area contributed by atoms with E-state index in [4.69, 9.17) is 0 Å². The van der Waals surface area contributed by atoms with Gasteiger partial charge in [0.1, 0.15) is 11.0 Å². The third-order valence-electron chi connectivity index (χ3n) is 2.48. The number of benzene rings is 2. The summed E-state index contributed by atoms with van der Waals surface area (Å²) in [5, 5.41) is 0. The molecule has 0 fully saturated rings. The summed E-state index contributed by atoms with van der Waals surface area (Å²) in [7, 11) is -1.07. The molecule has 2 aromatic rings. The van der Waals surface area contributed by atoms with E-state index in [0.717, 1.165) is 20.9 Å². The largest absolute Gasteiger partial charge is 0.237 e. The molecule has 0 amide bonds. The molecule has 1 atom stereocenters. The molecular weight excluding hydrogens is 238 g/mol. The molecule has 4 heteroatoms. The summed E-state index contributed by atoms with van der Waals surface area (Å²) in [5.74, 6) is 0. The van der Waals surface area contributed by atoms with Crippen molar-refractivity contribution in [3.8, 4) is 11.1 Å². The van der Waals surface area contributed by atoms with E-state index >= 15 is 0 Å². The van der Waals surface area contributed by atoms with Crippen LogP contribution in [0, 0.1) is 0 Å². The van der Waals surface area contributed by atoms with Gasteiger partial charge in [-0.2, -0.15) is 4.13 Å². The SMILES string of the molecule is O=S1NSc2c(-c3ccccc3)cccc21. The highest BCUT2D eigenvalue weighted by molar-refractivity contribution is 8.09. The molecule has 1 heterocycles. The Balaban J connectivity index is 2.20. The van der Waals surface area contributed by atoms with Crippen LogP contribution in [0.2, 0.25) is 0 Å². The summed E-state index contributed by atoms with van der Waals surface area (Å²) in [6, 6.07) is 16.1. The van der Waals surface area contributed by atoms with Gasteiger partial charge in [0, 0.05) is 4.90 Å². The van der Waals surface area contributed by atoms with Crippen LogP contribution < -0.4 is 4.13 Å². The Bertz CT molecular complexity index is 554. The molecule has 1 unspecified atom stereocenters. The number of rotatable bonds is 1. The van der Waals surface area contributed by atoms with Crippen LogP contribution in [-0.2, 0) is 11.0 Å². The second-order valence-corrected chi connectivity index (χ2v) is 5.71. The van der Waals surface area contributed by atoms with Gasteiger partial charge in [-0.3, -0.25) is 0 Å². The lowest BCUT2D eigenvalue weighted by Gasteiger charge is -2.05. The Hall–Kier alpha value is -1.10. The number of nitrogens with one attached hydrogen (secondary N) is 1. The molecular formula is C12H9NOS2. The molecule has 0 aliphatic carbocycles. The number of fused-ring (bicyclic) bond motifs is 1. The summed E-state index contributed by atoms with van der Waals surface area (Å²) in [6.07, 6.45) is 0. The first kappa shape index (κ1) is 10.1. The normalized spacial score (nSPS) is 18.4. The van der Waals surface area contributed by atoms with E-state index in [1.165, 1.54) is 11.9 Å². The summed E-state index contributed by atoms with van der Waals surface area (Å²) < 4.78 is 14.5. The summed E-state index contributed by atoms with van der Waals surface area (Å²) >= 11 is 1.45. The zero-order chi connectivity index (χ0) is 11.0. The second kappa shape index (κ2) is 4.05. The minimum atomic E-state index is -1.07. The summed E-state index contributed by atoms with van der Waals surface area (Å²) in [6.45, 7) is 0. The van der Waals surface area contributed by atoms with Crippen molar-refractivity contribution in [3.63, 3.8) is 0 Å². The van der Waals surface area contributed by atoms with E-state index in [2.05, 4.69) is 22.3 Å². The standard InChI is InChI=1S/C12H9NOS2/c14-16-11-8-4-7-10(12(11)15-13-16)9-5-2-1-3-6-9/h1-8,13H. The topological polar surface area (TPSA) is 29.1 Å². The highest BCUT2D eigenvalue weighted by atomic mass is 32.2. The first-order valence-corrected chi connectivity index (χ1v) is 6.85. The van der Waals surface area contributed by atoms with Crippen LogP contribution in [0.4, 0.5) is 0 Å². The van der Waals surface area contributed by atoms with Crippen molar-refractivity contribution in [2.24, 2.45) is 0 Å². The van der Waals surface area contributed by atoms with Crippen LogP contribution in [-0.4, -0.2) is 4.21 Å². The fourth-order valence-electron chi connectivity index (χ4n) is 1.74. The van der Waals surface area contributed by atoms with Gasteiger partial charge in [0.2, 0.25) is 0 Å². The predicted molar refractivity (Wildman–Crippen MR) is 67.3 cm³/mol. The van der Waals surface area contributed by atoms with Crippen molar-refractivity contribution in [2.75, 3.05) is 0 Å². The molecule has 0 spiro atoms. The first-order valence-electron chi connectivity index (χ1n) is 4.89. The first-order chi connectivity index (χ1) is 7.86. The van der Waals surface area contributed by atoms with Crippen LogP contribution in [0.25, 0.3) is 11.1 Å². The molecule has 1 aliphatic rings. The van der Waals surface area contributed by atoms with Crippen LogP contribution in [0.15, 0.2) is 58.3 Å². The van der Waals surface area contributed by atoms with Crippen LogP contribution in [0.5, 0.6) is 0 Å². The van der Waals surface area contributed by atoms with E-state index in [9.17, 15) is 4.21 Å². The van der Waals surface area contributed by atoms with Crippen molar-refractivity contribution in [1.29, 1.82) is 0 Å². The average Bonchev–Trinajstić information content (AvgIpc) is 2.73. The Morgan fingerprint density at radius 1 is 1.00 bits per heavy atom. The summed E-state index contributed by atoms with van der Waals surface area (Å²) in [5.41, 5.74) is 2.30. The Morgan fingerprint density at radius 3 is 2.62 bits per heavy atom. The average molecular weight is 247 g/mol. The lowest BCUT2D eigenvalue weighted by atomic mass is 10.1. The maximum absolute atomic E-state index is 11.6. The molecule has 0 saturated heterocycles. The zero-order valence-electron chi connectivity index (χ0n) is 8.34. The smallest absolute Gasteiger partial charge is 0.136 e. The third-order valence-corrected chi connectivity index (χ3v) is 4.93. The lowest BCUT2D eigenvalue weighted by molar-refractivity contribution is 0.682. The molecule has 0 saturated carbocycles. The molecule has 1 aliphatic heterocycles. The van der Waals surface area contributed by atoms with E-state index < -0.39 is 11.0 Å². The van der Waals surface area contributed by atoms with E-state index in [1.807, 2.05) is 30.3 Å². The van der Waals surface area contributed by atoms with E-state index in [1.54, 1.807) is 0 Å². The van der Waals surface area contributed by atoms with Gasteiger partial charge in [-0.05, 0) is 29.1 Å². The molecule has 0 radical (unpaired) electrons. The third kappa shape index (κ3) is 1.59. The Morgan fingerprint density at radius 2 is 1.81 bits per heavy atom. The maximum Gasteiger partial charge on any atom is 0.136 e. The van der Waals surface area contributed by atoms with E-state index in [-0.39, 0.29) is 0 Å². The van der Waals surface area contributed by atoms with Gasteiger partial charge in [-0.25, -0.2) is 4.21 Å². The Kier molecular flexibility index (Phi) is 2.55. The van der Waals surface area contributed by atoms with Crippen molar-refractivity contribution < 1.29 is 4.21 Å². The van der Waals surface area contributed by atoms with Gasteiger partial charge in [0.15, 0.2) is 0 Å². The quantitative estimate of drug-likeness (QED) is 0.785. The minimum Gasteiger partial charge on any atom is -0.237 e. The predicted octanol–water partition coefficient (Wildman–Crippen LogP) is 2.99. The second-order valence-electron chi connectivity index (χ2n) is 3.45. The molecule has 16 heavy (non-hydrogen) atoms. The highest BCUT2D eigenvalue weighted by Crippen LogP contribution is 2.38. The lowest BCUT2D eigenvalue weighted by Crippen LogP contribution is -1.98. The summed E-state index contributed by atoms with van der Waals surface area (Å²) in [4.78, 5) is 1.96. The number of hydrogen-bond acceptors (Lipinski definition) is 2. The molecule has 0 aromatic heterocycles. The molecule has 2 aromatic carbocycles. The fourth-order valence-corrected chi connectivity index (χ4v) is 4.03. The monoisotopic (exact) mass is 247 g/mol. The molecule has 80 valence electrons. The van der Waals surface area contributed by atoms with Crippen molar-refractivity contribution in [1.82, 2.24) is 4.13 Å². The van der Waals surface area contributed by atoms with Gasteiger partial charge in [0.05, 0.1) is 4.90 Å². The molecule has 2 nitrogen and oxygen atoms in total. The van der Waals surface area contributed by atoms with E-state index in [0.29, 0.717) is 0 Å². The van der Waals surface area contributed by atoms with Crippen molar-refractivity contribution >= 4 is 22.9 Å². The van der Waals surface area contributed by atoms with Gasteiger partial charge in [0.25, 0.3) is 0 Å². The van der Waals surface area contributed by atoms with Gasteiger partial charge >= 0.3 is 0 Å².